The molecule has 1 aromatic rings. The highest BCUT2D eigenvalue weighted by atomic mass is 16.5. The summed E-state index contributed by atoms with van der Waals surface area (Å²) in [6.45, 7) is 5.21. The lowest BCUT2D eigenvalue weighted by Crippen LogP contribution is -2.47. The lowest BCUT2D eigenvalue weighted by atomic mass is 10.1. The molecule has 1 unspecified atom stereocenters. The number of rotatable bonds is 4. The summed E-state index contributed by atoms with van der Waals surface area (Å²) in [5.41, 5.74) is 0.720. The highest BCUT2D eigenvalue weighted by molar-refractivity contribution is 6.01. The van der Waals surface area contributed by atoms with Gasteiger partial charge in [-0.25, -0.2) is 4.79 Å². The second-order valence-electron chi connectivity index (χ2n) is 5.79. The third-order valence-corrected chi connectivity index (χ3v) is 4.25. The van der Waals surface area contributed by atoms with E-state index in [4.69, 9.17) is 9.84 Å². The van der Waals surface area contributed by atoms with Gasteiger partial charge in [0.05, 0.1) is 11.3 Å². The number of ether oxygens (including phenoxy) is 1. The minimum atomic E-state index is -1.01. The molecular formula is C16H20N2O4. The van der Waals surface area contributed by atoms with Gasteiger partial charge in [-0.1, -0.05) is 0 Å². The van der Waals surface area contributed by atoms with Crippen LogP contribution < -0.4 is 9.64 Å². The van der Waals surface area contributed by atoms with Gasteiger partial charge in [-0.05, 0) is 51.1 Å². The van der Waals surface area contributed by atoms with Crippen molar-refractivity contribution in [1.29, 1.82) is 0 Å². The van der Waals surface area contributed by atoms with Crippen molar-refractivity contribution in [3.05, 3.63) is 23.8 Å². The van der Waals surface area contributed by atoms with Gasteiger partial charge in [0.1, 0.15) is 5.75 Å². The van der Waals surface area contributed by atoms with Crippen LogP contribution in [0.3, 0.4) is 0 Å². The molecule has 0 aromatic heterocycles. The van der Waals surface area contributed by atoms with Crippen LogP contribution in [0.5, 0.6) is 5.75 Å². The molecule has 1 aromatic carbocycles. The van der Waals surface area contributed by atoms with E-state index in [1.165, 1.54) is 25.0 Å². The third-order valence-electron chi connectivity index (χ3n) is 4.25. The standard InChI is InChI=1S/C16H20N2O4/c1-11-15(19)18(9-8-17-6-2-3-7-17)13-10-12(16(20)21)4-5-14(13)22-11/h4-5,10-11H,2-3,6-9H2,1H3,(H,20,21). The number of carboxylic acid groups (broad SMARTS) is 1. The van der Waals surface area contributed by atoms with E-state index in [1.54, 1.807) is 17.9 Å². The smallest absolute Gasteiger partial charge is 0.335 e. The summed E-state index contributed by atoms with van der Waals surface area (Å²) in [7, 11) is 0. The van der Waals surface area contributed by atoms with E-state index in [9.17, 15) is 9.59 Å². The molecule has 2 aliphatic rings. The zero-order valence-electron chi connectivity index (χ0n) is 12.6. The summed E-state index contributed by atoms with van der Waals surface area (Å²) in [6.07, 6.45) is 1.86. The van der Waals surface area contributed by atoms with Crippen LogP contribution in [0.2, 0.25) is 0 Å². The van der Waals surface area contributed by atoms with Crippen molar-refractivity contribution in [1.82, 2.24) is 4.90 Å². The topological polar surface area (TPSA) is 70.1 Å². The summed E-state index contributed by atoms with van der Waals surface area (Å²) in [4.78, 5) is 27.6. The van der Waals surface area contributed by atoms with Crippen LogP contribution in [-0.4, -0.2) is 54.2 Å². The van der Waals surface area contributed by atoms with Crippen LogP contribution in [0.15, 0.2) is 18.2 Å². The van der Waals surface area contributed by atoms with Crippen molar-refractivity contribution < 1.29 is 19.4 Å². The molecule has 6 heteroatoms. The van der Waals surface area contributed by atoms with Crippen molar-refractivity contribution in [3.63, 3.8) is 0 Å². The predicted molar refractivity (Wildman–Crippen MR) is 81.5 cm³/mol. The molecule has 1 saturated heterocycles. The Morgan fingerprint density at radius 1 is 1.32 bits per heavy atom. The molecule has 2 aliphatic heterocycles. The lowest BCUT2D eigenvalue weighted by Gasteiger charge is -2.34. The first kappa shape index (κ1) is 14.8. The molecule has 6 nitrogen and oxygen atoms in total. The van der Waals surface area contributed by atoms with E-state index in [0.717, 1.165) is 19.6 Å². The molecular weight excluding hydrogens is 284 g/mol. The van der Waals surface area contributed by atoms with Crippen molar-refractivity contribution in [2.75, 3.05) is 31.1 Å². The Labute approximate surface area is 129 Å². The highest BCUT2D eigenvalue weighted by Crippen LogP contribution is 2.34. The number of carbonyl (C=O) groups excluding carboxylic acids is 1. The Balaban J connectivity index is 1.85. The van der Waals surface area contributed by atoms with Crippen LogP contribution in [-0.2, 0) is 4.79 Å². The molecule has 1 N–H and O–H groups in total. The maximum atomic E-state index is 12.4. The summed E-state index contributed by atoms with van der Waals surface area (Å²) < 4.78 is 5.58. The number of benzene rings is 1. The Morgan fingerprint density at radius 2 is 2.05 bits per heavy atom. The molecule has 0 bridgehead atoms. The maximum Gasteiger partial charge on any atom is 0.335 e. The number of amides is 1. The van der Waals surface area contributed by atoms with E-state index < -0.39 is 12.1 Å². The van der Waals surface area contributed by atoms with Crippen molar-refractivity contribution in [2.45, 2.75) is 25.9 Å². The van der Waals surface area contributed by atoms with E-state index in [2.05, 4.69) is 4.90 Å². The number of hydrogen-bond donors (Lipinski definition) is 1. The summed E-state index contributed by atoms with van der Waals surface area (Å²) in [6, 6.07) is 4.65. The summed E-state index contributed by atoms with van der Waals surface area (Å²) in [5.74, 6) is -0.555. The SMILES string of the molecule is CC1Oc2ccc(C(=O)O)cc2N(CCN2CCCC2)C1=O. The van der Waals surface area contributed by atoms with Gasteiger partial charge in [-0.2, -0.15) is 0 Å². The highest BCUT2D eigenvalue weighted by Gasteiger charge is 2.32. The average molecular weight is 304 g/mol. The van der Waals surface area contributed by atoms with Gasteiger partial charge in [-0.3, -0.25) is 4.79 Å². The van der Waals surface area contributed by atoms with Gasteiger partial charge in [0.25, 0.3) is 5.91 Å². The van der Waals surface area contributed by atoms with Crippen molar-refractivity contribution in [2.24, 2.45) is 0 Å². The zero-order valence-corrected chi connectivity index (χ0v) is 12.6. The molecule has 0 spiro atoms. The van der Waals surface area contributed by atoms with Crippen LogP contribution >= 0.6 is 0 Å². The predicted octanol–water partition coefficient (Wildman–Crippen LogP) is 1.59. The average Bonchev–Trinajstić information content (AvgIpc) is 3.00. The Kier molecular flexibility index (Phi) is 4.02. The number of anilines is 1. The first-order chi connectivity index (χ1) is 10.6. The number of carbonyl (C=O) groups is 2. The van der Waals surface area contributed by atoms with Gasteiger partial charge in [0, 0.05) is 13.1 Å². The second kappa shape index (κ2) is 5.96. The van der Waals surface area contributed by atoms with Crippen LogP contribution in [0.25, 0.3) is 0 Å². The molecule has 3 rings (SSSR count). The largest absolute Gasteiger partial charge is 0.479 e. The monoisotopic (exact) mass is 304 g/mol. The number of carboxylic acids is 1. The number of nitrogens with zero attached hydrogens (tertiary/aromatic N) is 2. The first-order valence-electron chi connectivity index (χ1n) is 7.64. The van der Waals surface area contributed by atoms with Gasteiger partial charge in [-0.15, -0.1) is 0 Å². The van der Waals surface area contributed by atoms with Crippen LogP contribution in [0.1, 0.15) is 30.1 Å². The molecule has 0 saturated carbocycles. The lowest BCUT2D eigenvalue weighted by molar-refractivity contribution is -0.125. The summed E-state index contributed by atoms with van der Waals surface area (Å²) in [5, 5.41) is 9.14. The Hall–Kier alpha value is -2.08. The number of hydrogen-bond acceptors (Lipinski definition) is 4. The molecule has 0 aliphatic carbocycles. The molecule has 1 atom stereocenters. The zero-order chi connectivity index (χ0) is 15.7. The minimum Gasteiger partial charge on any atom is -0.479 e. The molecule has 1 fully saturated rings. The second-order valence-corrected chi connectivity index (χ2v) is 5.79. The number of likely N-dealkylation sites (tertiary alicyclic amines) is 1. The van der Waals surface area contributed by atoms with Crippen LogP contribution in [0.4, 0.5) is 5.69 Å². The Bertz CT molecular complexity index is 596. The number of fused-ring (bicyclic) bond motifs is 1. The summed E-state index contributed by atoms with van der Waals surface area (Å²) >= 11 is 0. The van der Waals surface area contributed by atoms with E-state index >= 15 is 0 Å². The van der Waals surface area contributed by atoms with Gasteiger partial charge < -0.3 is 19.6 Å². The molecule has 2 heterocycles. The number of aromatic carboxylic acids is 1. The van der Waals surface area contributed by atoms with Crippen molar-refractivity contribution in [3.8, 4) is 5.75 Å². The van der Waals surface area contributed by atoms with Crippen LogP contribution in [0, 0.1) is 0 Å². The molecule has 118 valence electrons. The van der Waals surface area contributed by atoms with E-state index in [1.807, 2.05) is 0 Å². The quantitative estimate of drug-likeness (QED) is 0.915. The molecule has 1 amide bonds. The van der Waals surface area contributed by atoms with Gasteiger partial charge in [0.2, 0.25) is 0 Å². The van der Waals surface area contributed by atoms with E-state index in [-0.39, 0.29) is 11.5 Å². The fraction of sp³-hybridized carbons (Fsp3) is 0.500. The van der Waals surface area contributed by atoms with Crippen molar-refractivity contribution >= 4 is 17.6 Å². The third kappa shape index (κ3) is 2.78. The first-order valence-corrected chi connectivity index (χ1v) is 7.64. The van der Waals surface area contributed by atoms with Gasteiger partial charge >= 0.3 is 5.97 Å². The molecule has 0 radical (unpaired) electrons. The minimum absolute atomic E-state index is 0.116. The molecule has 22 heavy (non-hydrogen) atoms. The normalized spacial score (nSPS) is 21.6. The van der Waals surface area contributed by atoms with Gasteiger partial charge in [0.15, 0.2) is 6.10 Å². The maximum absolute atomic E-state index is 12.4. The fourth-order valence-corrected chi connectivity index (χ4v) is 3.02. The Morgan fingerprint density at radius 3 is 2.73 bits per heavy atom. The van der Waals surface area contributed by atoms with E-state index in [0.29, 0.717) is 18.0 Å². The fourth-order valence-electron chi connectivity index (χ4n) is 3.02.